The van der Waals surface area contributed by atoms with Crippen LogP contribution in [-0.4, -0.2) is 19.6 Å². The predicted octanol–water partition coefficient (Wildman–Crippen LogP) is 4.20. The number of carbonyl (C=O) groups excluding carboxylic acids is 1. The molecule has 0 bridgehead atoms. The van der Waals surface area contributed by atoms with Crippen molar-refractivity contribution in [2.75, 3.05) is 23.9 Å². The highest BCUT2D eigenvalue weighted by Gasteiger charge is 2.27. The van der Waals surface area contributed by atoms with E-state index in [1.54, 1.807) is 30.2 Å². The molecule has 6 heteroatoms. The molecule has 2 aromatic rings. The molecule has 3 rings (SSSR count). The Hall–Kier alpha value is -1.72. The van der Waals surface area contributed by atoms with Gasteiger partial charge < -0.3 is 10.1 Å². The van der Waals surface area contributed by atoms with Gasteiger partial charge in [0.25, 0.3) is 5.91 Å². The lowest BCUT2D eigenvalue weighted by Crippen LogP contribution is -2.36. The molecule has 0 spiro atoms. The fraction of sp³-hybridized carbons (Fsp3) is 0.133. The van der Waals surface area contributed by atoms with Crippen LogP contribution in [0, 0.1) is 0 Å². The standard InChI is InChI=1S/C15H12BrClN2O2/c1-21-14-5-3-10(17)7-13(14)19-12-4-2-9(16)6-11(12)18-8-15(19)20/h2-7,18H,8H2,1H3. The van der Waals surface area contributed by atoms with Gasteiger partial charge in [0.1, 0.15) is 5.75 Å². The topological polar surface area (TPSA) is 41.6 Å². The maximum absolute atomic E-state index is 12.4. The number of hydrogen-bond acceptors (Lipinski definition) is 3. The molecule has 0 fully saturated rings. The summed E-state index contributed by atoms with van der Waals surface area (Å²) in [4.78, 5) is 14.0. The first-order valence-corrected chi connectivity index (χ1v) is 7.47. The Morgan fingerprint density at radius 1 is 1.24 bits per heavy atom. The van der Waals surface area contributed by atoms with Gasteiger partial charge >= 0.3 is 0 Å². The smallest absolute Gasteiger partial charge is 0.251 e. The minimum atomic E-state index is -0.0645. The van der Waals surface area contributed by atoms with Crippen LogP contribution in [0.3, 0.4) is 0 Å². The molecule has 1 heterocycles. The van der Waals surface area contributed by atoms with Crippen molar-refractivity contribution < 1.29 is 9.53 Å². The molecule has 1 aliphatic rings. The second-order valence-corrected chi connectivity index (χ2v) is 5.91. The van der Waals surface area contributed by atoms with Gasteiger partial charge in [-0.2, -0.15) is 0 Å². The summed E-state index contributed by atoms with van der Waals surface area (Å²) in [5.74, 6) is 0.536. The van der Waals surface area contributed by atoms with Crippen LogP contribution in [-0.2, 0) is 4.79 Å². The van der Waals surface area contributed by atoms with Gasteiger partial charge in [0.05, 0.1) is 30.7 Å². The summed E-state index contributed by atoms with van der Waals surface area (Å²) < 4.78 is 6.30. The largest absolute Gasteiger partial charge is 0.495 e. The van der Waals surface area contributed by atoms with E-state index < -0.39 is 0 Å². The number of ether oxygens (including phenoxy) is 1. The Labute approximate surface area is 135 Å². The van der Waals surface area contributed by atoms with Crippen LogP contribution < -0.4 is 15.0 Å². The van der Waals surface area contributed by atoms with Crippen LogP contribution in [0.15, 0.2) is 40.9 Å². The molecular formula is C15H12BrClN2O2. The molecule has 0 aliphatic carbocycles. The third-order valence-electron chi connectivity index (χ3n) is 3.26. The highest BCUT2D eigenvalue weighted by atomic mass is 79.9. The number of nitrogens with one attached hydrogen (secondary N) is 1. The Morgan fingerprint density at radius 2 is 2.05 bits per heavy atom. The highest BCUT2D eigenvalue weighted by Crippen LogP contribution is 2.41. The molecule has 0 atom stereocenters. The SMILES string of the molecule is COc1ccc(Cl)cc1N1C(=O)CNc2cc(Br)ccc21. The number of nitrogens with zero attached hydrogens (tertiary/aromatic N) is 1. The van der Waals surface area contributed by atoms with Crippen molar-refractivity contribution in [3.05, 3.63) is 45.9 Å². The van der Waals surface area contributed by atoms with E-state index in [1.165, 1.54) is 0 Å². The molecular weight excluding hydrogens is 356 g/mol. The lowest BCUT2D eigenvalue weighted by Gasteiger charge is -2.31. The lowest BCUT2D eigenvalue weighted by molar-refractivity contribution is -0.116. The molecule has 1 aliphatic heterocycles. The van der Waals surface area contributed by atoms with Gasteiger partial charge in [-0.25, -0.2) is 0 Å². The molecule has 2 aromatic carbocycles. The molecule has 1 N–H and O–H groups in total. The Morgan fingerprint density at radius 3 is 2.81 bits per heavy atom. The summed E-state index contributed by atoms with van der Waals surface area (Å²) in [7, 11) is 1.57. The van der Waals surface area contributed by atoms with E-state index in [0.29, 0.717) is 16.5 Å². The van der Waals surface area contributed by atoms with Crippen molar-refractivity contribution in [2.24, 2.45) is 0 Å². The first-order valence-electron chi connectivity index (χ1n) is 6.30. The van der Waals surface area contributed by atoms with E-state index >= 15 is 0 Å². The summed E-state index contributed by atoms with van der Waals surface area (Å²) in [6.07, 6.45) is 0. The predicted molar refractivity (Wildman–Crippen MR) is 87.8 cm³/mol. The number of carbonyl (C=O) groups is 1. The van der Waals surface area contributed by atoms with Crippen molar-refractivity contribution in [3.63, 3.8) is 0 Å². The van der Waals surface area contributed by atoms with E-state index in [9.17, 15) is 4.79 Å². The molecule has 1 amide bonds. The van der Waals surface area contributed by atoms with Crippen LogP contribution in [0.1, 0.15) is 0 Å². The van der Waals surface area contributed by atoms with Crippen LogP contribution in [0.5, 0.6) is 5.75 Å². The third-order valence-corrected chi connectivity index (χ3v) is 3.99. The van der Waals surface area contributed by atoms with E-state index in [1.807, 2.05) is 18.2 Å². The van der Waals surface area contributed by atoms with Crippen molar-refractivity contribution in [1.82, 2.24) is 0 Å². The van der Waals surface area contributed by atoms with Gasteiger partial charge in [-0.3, -0.25) is 9.69 Å². The number of fused-ring (bicyclic) bond motifs is 1. The van der Waals surface area contributed by atoms with Crippen LogP contribution in [0.4, 0.5) is 17.1 Å². The molecule has 0 aromatic heterocycles. The van der Waals surface area contributed by atoms with Crippen molar-refractivity contribution in [3.8, 4) is 5.75 Å². The zero-order valence-corrected chi connectivity index (χ0v) is 13.5. The Kier molecular flexibility index (Phi) is 3.78. The molecule has 0 unspecified atom stereocenters. The lowest BCUT2D eigenvalue weighted by atomic mass is 10.1. The first-order chi connectivity index (χ1) is 10.1. The monoisotopic (exact) mass is 366 g/mol. The second-order valence-electron chi connectivity index (χ2n) is 4.56. The van der Waals surface area contributed by atoms with Crippen molar-refractivity contribution >= 4 is 50.5 Å². The normalized spacial score (nSPS) is 13.7. The van der Waals surface area contributed by atoms with Crippen molar-refractivity contribution in [1.29, 1.82) is 0 Å². The van der Waals surface area contributed by atoms with E-state index in [2.05, 4.69) is 21.2 Å². The van der Waals surface area contributed by atoms with E-state index in [0.717, 1.165) is 15.8 Å². The second kappa shape index (κ2) is 5.58. The van der Waals surface area contributed by atoms with Crippen LogP contribution in [0.2, 0.25) is 5.02 Å². The number of amides is 1. The first kappa shape index (κ1) is 14.2. The van der Waals surface area contributed by atoms with Gasteiger partial charge in [-0.1, -0.05) is 27.5 Å². The number of benzene rings is 2. The summed E-state index contributed by atoms with van der Waals surface area (Å²) in [6, 6.07) is 10.9. The highest BCUT2D eigenvalue weighted by molar-refractivity contribution is 9.10. The summed E-state index contributed by atoms with van der Waals surface area (Å²) in [5.41, 5.74) is 2.29. The fourth-order valence-corrected chi connectivity index (χ4v) is 2.86. The number of methoxy groups -OCH3 is 1. The van der Waals surface area contributed by atoms with Gasteiger partial charge in [-0.05, 0) is 36.4 Å². The Balaban J connectivity index is 2.18. The van der Waals surface area contributed by atoms with Gasteiger partial charge in [0.2, 0.25) is 0 Å². The van der Waals surface area contributed by atoms with Gasteiger partial charge in [0, 0.05) is 9.50 Å². The Bertz CT molecular complexity index is 721. The fourth-order valence-electron chi connectivity index (χ4n) is 2.33. The number of rotatable bonds is 2. The average molecular weight is 368 g/mol. The number of anilines is 3. The molecule has 0 radical (unpaired) electrons. The zero-order chi connectivity index (χ0) is 15.0. The van der Waals surface area contributed by atoms with E-state index in [4.69, 9.17) is 16.3 Å². The number of hydrogen-bond donors (Lipinski definition) is 1. The van der Waals surface area contributed by atoms with Crippen LogP contribution in [0.25, 0.3) is 0 Å². The molecule has 0 saturated carbocycles. The zero-order valence-electron chi connectivity index (χ0n) is 11.2. The maximum atomic E-state index is 12.4. The van der Waals surface area contributed by atoms with Crippen LogP contribution >= 0.6 is 27.5 Å². The quantitative estimate of drug-likeness (QED) is 0.865. The van der Waals surface area contributed by atoms with Crippen molar-refractivity contribution in [2.45, 2.75) is 0 Å². The minimum Gasteiger partial charge on any atom is -0.495 e. The molecule has 4 nitrogen and oxygen atoms in total. The molecule has 0 saturated heterocycles. The summed E-state index contributed by atoms with van der Waals surface area (Å²) >= 11 is 9.51. The third kappa shape index (κ3) is 2.59. The maximum Gasteiger partial charge on any atom is 0.251 e. The van der Waals surface area contributed by atoms with E-state index in [-0.39, 0.29) is 12.5 Å². The minimum absolute atomic E-state index is 0.0645. The number of halogens is 2. The van der Waals surface area contributed by atoms with Gasteiger partial charge in [-0.15, -0.1) is 0 Å². The van der Waals surface area contributed by atoms with Gasteiger partial charge in [0.15, 0.2) is 0 Å². The average Bonchev–Trinajstić information content (AvgIpc) is 2.47. The summed E-state index contributed by atoms with van der Waals surface area (Å²) in [5, 5.41) is 3.66. The molecule has 108 valence electrons. The summed E-state index contributed by atoms with van der Waals surface area (Å²) in [6.45, 7) is 0.221. The molecule has 21 heavy (non-hydrogen) atoms.